The number of nitrogens with zero attached hydrogens (tertiary/aromatic N) is 4. The molecule has 0 radical (unpaired) electrons. The summed E-state index contributed by atoms with van der Waals surface area (Å²) in [5.41, 5.74) is 1.22. The second-order valence-corrected chi connectivity index (χ2v) is 5.73. The third-order valence-electron chi connectivity index (χ3n) is 4.03. The summed E-state index contributed by atoms with van der Waals surface area (Å²) < 4.78 is 1.43. The molecule has 2 heterocycles. The van der Waals surface area contributed by atoms with Crippen LogP contribution in [0.4, 0.5) is 5.69 Å². The maximum Gasteiger partial charge on any atom is 0.274 e. The van der Waals surface area contributed by atoms with Crippen molar-refractivity contribution in [1.82, 2.24) is 25.6 Å². The number of hydrogen-bond acceptors (Lipinski definition) is 6. The number of hydrogen-bond donors (Lipinski definition) is 2. The van der Waals surface area contributed by atoms with Gasteiger partial charge in [0.25, 0.3) is 11.6 Å². The smallest absolute Gasteiger partial charge is 0.274 e. The van der Waals surface area contributed by atoms with Crippen LogP contribution >= 0.6 is 12.4 Å². The molecule has 1 saturated heterocycles. The molecule has 9 nitrogen and oxygen atoms in total. The molecule has 1 amide bonds. The van der Waals surface area contributed by atoms with Crippen molar-refractivity contribution >= 4 is 24.0 Å². The maximum absolute atomic E-state index is 12.4. The molecule has 3 rings (SSSR count). The quantitative estimate of drug-likeness (QED) is 0.624. The van der Waals surface area contributed by atoms with Crippen molar-refractivity contribution in [2.75, 3.05) is 13.1 Å². The van der Waals surface area contributed by atoms with Crippen LogP contribution in [0.15, 0.2) is 24.3 Å². The molecule has 1 aromatic heterocycles. The molecule has 0 bridgehead atoms. The van der Waals surface area contributed by atoms with E-state index < -0.39 is 4.92 Å². The molecule has 10 heteroatoms. The van der Waals surface area contributed by atoms with Gasteiger partial charge in [0.2, 0.25) is 0 Å². The number of rotatable bonds is 4. The monoisotopic (exact) mass is 366 g/mol. The van der Waals surface area contributed by atoms with Gasteiger partial charge in [-0.15, -0.1) is 17.5 Å². The van der Waals surface area contributed by atoms with Gasteiger partial charge in [0.1, 0.15) is 0 Å². The van der Waals surface area contributed by atoms with Crippen LogP contribution < -0.4 is 10.6 Å². The summed E-state index contributed by atoms with van der Waals surface area (Å²) in [6.45, 7) is 3.42. The fourth-order valence-corrected chi connectivity index (χ4v) is 2.75. The van der Waals surface area contributed by atoms with Gasteiger partial charge >= 0.3 is 0 Å². The molecular weight excluding hydrogens is 348 g/mol. The van der Waals surface area contributed by atoms with E-state index in [1.54, 1.807) is 19.1 Å². The van der Waals surface area contributed by atoms with Crippen LogP contribution in [0.2, 0.25) is 0 Å². The lowest BCUT2D eigenvalue weighted by molar-refractivity contribution is -0.384. The Labute approximate surface area is 150 Å². The summed E-state index contributed by atoms with van der Waals surface area (Å²) in [5, 5.41) is 25.0. The third kappa shape index (κ3) is 4.12. The highest BCUT2D eigenvalue weighted by Gasteiger charge is 2.22. The molecule has 134 valence electrons. The van der Waals surface area contributed by atoms with E-state index in [9.17, 15) is 14.9 Å². The van der Waals surface area contributed by atoms with Crippen molar-refractivity contribution < 1.29 is 9.72 Å². The number of halogens is 1. The lowest BCUT2D eigenvalue weighted by atomic mass is 10.1. The normalized spacial score (nSPS) is 16.8. The van der Waals surface area contributed by atoms with E-state index in [2.05, 4.69) is 20.9 Å². The Hall–Kier alpha value is -2.52. The predicted octanol–water partition coefficient (Wildman–Crippen LogP) is 1.39. The lowest BCUT2D eigenvalue weighted by Crippen LogP contribution is -2.45. The second kappa shape index (κ2) is 8.04. The van der Waals surface area contributed by atoms with Gasteiger partial charge < -0.3 is 10.6 Å². The number of carbonyl (C=O) groups is 1. The van der Waals surface area contributed by atoms with E-state index in [0.717, 1.165) is 25.9 Å². The first-order valence-corrected chi connectivity index (χ1v) is 7.75. The highest BCUT2D eigenvalue weighted by Crippen LogP contribution is 2.18. The molecular formula is C15H19ClN6O3. The van der Waals surface area contributed by atoms with Crippen molar-refractivity contribution in [2.24, 2.45) is 0 Å². The molecule has 25 heavy (non-hydrogen) atoms. The number of piperidine rings is 1. The van der Waals surface area contributed by atoms with E-state index in [1.165, 1.54) is 16.8 Å². The van der Waals surface area contributed by atoms with Gasteiger partial charge in [-0.05, 0) is 32.4 Å². The zero-order chi connectivity index (χ0) is 17.1. The van der Waals surface area contributed by atoms with Gasteiger partial charge in [-0.2, -0.15) is 0 Å². The van der Waals surface area contributed by atoms with Crippen LogP contribution in [-0.2, 0) is 0 Å². The molecule has 0 saturated carbocycles. The van der Waals surface area contributed by atoms with Crippen LogP contribution in [0.3, 0.4) is 0 Å². The number of nitro benzene ring substituents is 1. The van der Waals surface area contributed by atoms with Gasteiger partial charge in [0.15, 0.2) is 5.69 Å². The van der Waals surface area contributed by atoms with Gasteiger partial charge in [0, 0.05) is 24.7 Å². The molecule has 2 aromatic rings. The van der Waals surface area contributed by atoms with Crippen molar-refractivity contribution in [3.63, 3.8) is 0 Å². The Bertz CT molecular complexity index is 772. The minimum atomic E-state index is -0.473. The van der Waals surface area contributed by atoms with Gasteiger partial charge in [-0.25, -0.2) is 4.68 Å². The van der Waals surface area contributed by atoms with E-state index in [-0.39, 0.29) is 35.7 Å². The number of carbonyl (C=O) groups excluding carboxylic acids is 1. The number of amides is 1. The molecule has 0 spiro atoms. The summed E-state index contributed by atoms with van der Waals surface area (Å²) in [5.74, 6) is -0.280. The Balaban J connectivity index is 0.00000225. The van der Waals surface area contributed by atoms with Crippen LogP contribution in [0.25, 0.3) is 5.69 Å². The molecule has 1 aliphatic rings. The van der Waals surface area contributed by atoms with E-state index >= 15 is 0 Å². The fraction of sp³-hybridized carbons (Fsp3) is 0.400. The SMILES string of the molecule is Cc1c(C(=O)N[C@H]2CCCNC2)nnn1-c1cccc([N+](=O)[O-])c1.Cl. The molecule has 1 fully saturated rings. The molecule has 1 aromatic carbocycles. The van der Waals surface area contributed by atoms with Crippen LogP contribution in [0.5, 0.6) is 0 Å². The molecule has 0 unspecified atom stereocenters. The summed E-state index contributed by atoms with van der Waals surface area (Å²) in [7, 11) is 0. The molecule has 2 N–H and O–H groups in total. The van der Waals surface area contributed by atoms with Crippen LogP contribution in [0, 0.1) is 17.0 Å². The molecule has 1 atom stereocenters. The Morgan fingerprint density at radius 1 is 1.48 bits per heavy atom. The summed E-state index contributed by atoms with van der Waals surface area (Å²) in [6.07, 6.45) is 1.95. The number of aromatic nitrogens is 3. The maximum atomic E-state index is 12.4. The topological polar surface area (TPSA) is 115 Å². The fourth-order valence-electron chi connectivity index (χ4n) is 2.75. The number of benzene rings is 1. The minimum Gasteiger partial charge on any atom is -0.347 e. The highest BCUT2D eigenvalue weighted by atomic mass is 35.5. The number of non-ortho nitro benzene ring substituents is 1. The predicted molar refractivity (Wildman–Crippen MR) is 93.4 cm³/mol. The second-order valence-electron chi connectivity index (χ2n) is 5.73. The summed E-state index contributed by atoms with van der Waals surface area (Å²) in [6, 6.07) is 6.13. The molecule has 1 aliphatic heterocycles. The number of nitrogens with one attached hydrogen (secondary N) is 2. The first kappa shape index (κ1) is 18.8. The summed E-state index contributed by atoms with van der Waals surface area (Å²) >= 11 is 0. The zero-order valence-electron chi connectivity index (χ0n) is 13.6. The van der Waals surface area contributed by atoms with E-state index in [4.69, 9.17) is 0 Å². The summed E-state index contributed by atoms with van der Waals surface area (Å²) in [4.78, 5) is 22.8. The third-order valence-corrected chi connectivity index (χ3v) is 4.03. The Kier molecular flexibility index (Phi) is 6.05. The van der Waals surface area contributed by atoms with Crippen molar-refractivity contribution in [2.45, 2.75) is 25.8 Å². The van der Waals surface area contributed by atoms with Crippen molar-refractivity contribution in [1.29, 1.82) is 0 Å². The molecule has 0 aliphatic carbocycles. The number of nitro groups is 1. The van der Waals surface area contributed by atoms with Crippen LogP contribution in [-0.4, -0.2) is 45.0 Å². The Morgan fingerprint density at radius 3 is 2.96 bits per heavy atom. The standard InChI is InChI=1S/C15H18N6O3.ClH/c1-10-14(15(22)17-11-4-3-7-16-9-11)18-19-20(10)12-5-2-6-13(8-12)21(23)24;/h2,5-6,8,11,16H,3-4,7,9H2,1H3,(H,17,22);1H/t11-;/m0./s1. The largest absolute Gasteiger partial charge is 0.347 e. The average Bonchev–Trinajstić information content (AvgIpc) is 2.97. The first-order chi connectivity index (χ1) is 11.6. The van der Waals surface area contributed by atoms with Crippen LogP contribution in [0.1, 0.15) is 29.0 Å². The lowest BCUT2D eigenvalue weighted by Gasteiger charge is -2.23. The van der Waals surface area contributed by atoms with E-state index in [1.807, 2.05) is 0 Å². The highest BCUT2D eigenvalue weighted by molar-refractivity contribution is 5.93. The Morgan fingerprint density at radius 2 is 2.28 bits per heavy atom. The van der Waals surface area contributed by atoms with Gasteiger partial charge in [-0.3, -0.25) is 14.9 Å². The average molecular weight is 367 g/mol. The van der Waals surface area contributed by atoms with Crippen molar-refractivity contribution in [3.8, 4) is 5.69 Å². The zero-order valence-corrected chi connectivity index (χ0v) is 14.5. The van der Waals surface area contributed by atoms with Gasteiger partial charge in [0.05, 0.1) is 16.3 Å². The van der Waals surface area contributed by atoms with Crippen molar-refractivity contribution in [3.05, 3.63) is 45.8 Å². The first-order valence-electron chi connectivity index (χ1n) is 7.75. The van der Waals surface area contributed by atoms with Gasteiger partial charge in [-0.1, -0.05) is 11.3 Å². The van der Waals surface area contributed by atoms with E-state index in [0.29, 0.717) is 11.4 Å². The minimum absolute atomic E-state index is 0.